The molecule has 0 amide bonds. The largest absolute Gasteiger partial charge is 0.497 e. The molecule has 0 saturated carbocycles. The zero-order valence-electron chi connectivity index (χ0n) is 14.8. The van der Waals surface area contributed by atoms with Crippen LogP contribution in [0.25, 0.3) is 0 Å². The van der Waals surface area contributed by atoms with Gasteiger partial charge in [-0.2, -0.15) is 0 Å². The lowest BCUT2D eigenvalue weighted by atomic mass is 10.1. The van der Waals surface area contributed by atoms with Gasteiger partial charge in [0.2, 0.25) is 0 Å². The number of aliphatic hydroxyl groups is 1. The number of rotatable bonds is 7. The quantitative estimate of drug-likeness (QED) is 0.812. The lowest BCUT2D eigenvalue weighted by molar-refractivity contribution is 0.190. The van der Waals surface area contributed by atoms with Gasteiger partial charge in [0, 0.05) is 30.3 Å². The second-order valence-electron chi connectivity index (χ2n) is 5.95. The summed E-state index contributed by atoms with van der Waals surface area (Å²) in [4.78, 5) is 8.90. The van der Waals surface area contributed by atoms with Gasteiger partial charge >= 0.3 is 0 Å². The van der Waals surface area contributed by atoms with Crippen LogP contribution in [-0.2, 0) is 0 Å². The van der Waals surface area contributed by atoms with E-state index in [1.165, 1.54) is 0 Å². The first-order valence-corrected chi connectivity index (χ1v) is 7.93. The summed E-state index contributed by atoms with van der Waals surface area (Å²) in [6, 6.07) is 7.22. The predicted molar refractivity (Wildman–Crippen MR) is 93.9 cm³/mol. The van der Waals surface area contributed by atoms with E-state index in [1.54, 1.807) is 32.4 Å². The molecule has 0 spiro atoms. The number of nitrogens with one attached hydrogen (secondary N) is 1. The number of hydrogen-bond acceptors (Lipinski definition) is 6. The molecule has 0 bridgehead atoms. The smallest absolute Gasteiger partial charge is 0.133 e. The van der Waals surface area contributed by atoms with E-state index in [1.807, 2.05) is 13.0 Å². The molecule has 1 aromatic heterocycles. The fourth-order valence-electron chi connectivity index (χ4n) is 2.28. The highest BCUT2D eigenvalue weighted by atomic mass is 16.5. The summed E-state index contributed by atoms with van der Waals surface area (Å²) in [6.45, 7) is 6.36. The summed E-state index contributed by atoms with van der Waals surface area (Å²) in [7, 11) is 3.17. The standard InChI is InChI=1S/C18H25N3O3/c1-11(2)18-20-12(3)6-17(21-18)19-10-16(22)13-7-14(23-4)9-15(8-13)24-5/h6-9,11,16,22H,10H2,1-5H3,(H,19,20,21). The third kappa shape index (κ3) is 4.58. The first-order chi connectivity index (χ1) is 11.4. The molecule has 2 rings (SSSR count). The van der Waals surface area contributed by atoms with Crippen LogP contribution in [0.4, 0.5) is 5.82 Å². The Hall–Kier alpha value is -2.34. The fourth-order valence-corrected chi connectivity index (χ4v) is 2.28. The minimum Gasteiger partial charge on any atom is -0.497 e. The van der Waals surface area contributed by atoms with Crippen molar-refractivity contribution < 1.29 is 14.6 Å². The molecule has 1 aromatic carbocycles. The normalized spacial score (nSPS) is 12.1. The van der Waals surface area contributed by atoms with Crippen molar-refractivity contribution in [2.24, 2.45) is 0 Å². The number of benzene rings is 1. The molecule has 0 aliphatic carbocycles. The van der Waals surface area contributed by atoms with E-state index in [0.29, 0.717) is 29.4 Å². The van der Waals surface area contributed by atoms with Crippen molar-refractivity contribution in [2.75, 3.05) is 26.1 Å². The molecule has 2 N–H and O–H groups in total. The van der Waals surface area contributed by atoms with Crippen molar-refractivity contribution in [2.45, 2.75) is 32.8 Å². The number of hydrogen-bond donors (Lipinski definition) is 2. The van der Waals surface area contributed by atoms with Gasteiger partial charge in [0.1, 0.15) is 23.1 Å². The van der Waals surface area contributed by atoms with Gasteiger partial charge in [0.25, 0.3) is 0 Å². The zero-order valence-corrected chi connectivity index (χ0v) is 14.8. The predicted octanol–water partition coefficient (Wildman–Crippen LogP) is 3.07. The maximum atomic E-state index is 10.5. The van der Waals surface area contributed by atoms with E-state index in [-0.39, 0.29) is 5.92 Å². The molecule has 6 heteroatoms. The molecule has 0 aliphatic heterocycles. The number of aryl methyl sites for hydroxylation is 1. The second kappa shape index (κ2) is 7.97. The van der Waals surface area contributed by atoms with E-state index in [4.69, 9.17) is 9.47 Å². The van der Waals surface area contributed by atoms with Crippen LogP contribution in [0.15, 0.2) is 24.3 Å². The Morgan fingerprint density at radius 1 is 1.04 bits per heavy atom. The summed E-state index contributed by atoms with van der Waals surface area (Å²) in [5.41, 5.74) is 1.61. The van der Waals surface area contributed by atoms with Crippen LogP contribution in [0.5, 0.6) is 11.5 Å². The summed E-state index contributed by atoms with van der Waals surface area (Å²) in [6.07, 6.45) is -0.716. The zero-order chi connectivity index (χ0) is 17.7. The highest BCUT2D eigenvalue weighted by Gasteiger charge is 2.12. The van der Waals surface area contributed by atoms with Crippen LogP contribution >= 0.6 is 0 Å². The Bertz CT molecular complexity index is 667. The van der Waals surface area contributed by atoms with Gasteiger partial charge in [-0.15, -0.1) is 0 Å². The molecule has 6 nitrogen and oxygen atoms in total. The monoisotopic (exact) mass is 331 g/mol. The van der Waals surface area contributed by atoms with Crippen molar-refractivity contribution in [3.63, 3.8) is 0 Å². The van der Waals surface area contributed by atoms with Crippen LogP contribution in [-0.4, -0.2) is 35.8 Å². The summed E-state index contributed by atoms with van der Waals surface area (Å²) in [5.74, 6) is 3.03. The number of nitrogens with zero attached hydrogens (tertiary/aromatic N) is 2. The van der Waals surface area contributed by atoms with Crippen LogP contribution in [0.1, 0.15) is 43.0 Å². The Morgan fingerprint density at radius 3 is 2.21 bits per heavy atom. The fraction of sp³-hybridized carbons (Fsp3) is 0.444. The average molecular weight is 331 g/mol. The van der Waals surface area contributed by atoms with Gasteiger partial charge < -0.3 is 19.9 Å². The van der Waals surface area contributed by atoms with Crippen LogP contribution in [0.3, 0.4) is 0 Å². The van der Waals surface area contributed by atoms with Crippen LogP contribution in [0, 0.1) is 6.92 Å². The van der Waals surface area contributed by atoms with Gasteiger partial charge in [0.05, 0.1) is 20.3 Å². The van der Waals surface area contributed by atoms with Gasteiger partial charge in [-0.1, -0.05) is 13.8 Å². The number of ether oxygens (including phenoxy) is 2. The van der Waals surface area contributed by atoms with Gasteiger partial charge in [-0.3, -0.25) is 0 Å². The Labute approximate surface area is 142 Å². The molecule has 0 radical (unpaired) electrons. The summed E-state index contributed by atoms with van der Waals surface area (Å²) in [5, 5.41) is 13.6. The van der Waals surface area contributed by atoms with Crippen molar-refractivity contribution in [1.82, 2.24) is 9.97 Å². The SMILES string of the molecule is COc1cc(OC)cc(C(O)CNc2cc(C)nc(C(C)C)n2)c1. The Morgan fingerprint density at radius 2 is 1.67 bits per heavy atom. The van der Waals surface area contributed by atoms with E-state index in [9.17, 15) is 5.11 Å². The molecule has 0 fully saturated rings. The number of aliphatic hydroxyl groups excluding tert-OH is 1. The number of anilines is 1. The lowest BCUT2D eigenvalue weighted by Crippen LogP contribution is -2.14. The van der Waals surface area contributed by atoms with Crippen molar-refractivity contribution >= 4 is 5.82 Å². The van der Waals surface area contributed by atoms with Gasteiger partial charge in [-0.25, -0.2) is 9.97 Å². The first-order valence-electron chi connectivity index (χ1n) is 7.93. The molecule has 0 aliphatic rings. The molecule has 0 saturated heterocycles. The molecule has 1 heterocycles. The van der Waals surface area contributed by atoms with Gasteiger partial charge in [0.15, 0.2) is 0 Å². The van der Waals surface area contributed by atoms with Crippen LogP contribution in [0.2, 0.25) is 0 Å². The van der Waals surface area contributed by atoms with Crippen molar-refractivity contribution in [3.05, 3.63) is 41.3 Å². The van der Waals surface area contributed by atoms with E-state index < -0.39 is 6.10 Å². The lowest BCUT2D eigenvalue weighted by Gasteiger charge is -2.16. The molecular weight excluding hydrogens is 306 g/mol. The first kappa shape index (κ1) is 18.0. The molecule has 1 atom stereocenters. The summed E-state index contributed by atoms with van der Waals surface area (Å²) < 4.78 is 10.5. The third-order valence-electron chi connectivity index (χ3n) is 3.62. The highest BCUT2D eigenvalue weighted by Crippen LogP contribution is 2.26. The van der Waals surface area contributed by atoms with Gasteiger partial charge in [-0.05, 0) is 24.6 Å². The molecule has 2 aromatic rings. The molecule has 1 unspecified atom stereocenters. The second-order valence-corrected chi connectivity index (χ2v) is 5.95. The average Bonchev–Trinajstić information content (AvgIpc) is 2.58. The number of methoxy groups -OCH3 is 2. The third-order valence-corrected chi connectivity index (χ3v) is 3.62. The minimum atomic E-state index is -0.716. The molecule has 130 valence electrons. The van der Waals surface area contributed by atoms with E-state index in [2.05, 4.69) is 29.1 Å². The Kier molecular flexibility index (Phi) is 5.98. The topological polar surface area (TPSA) is 76.5 Å². The summed E-state index contributed by atoms with van der Waals surface area (Å²) >= 11 is 0. The number of aromatic nitrogens is 2. The van der Waals surface area contributed by atoms with Crippen molar-refractivity contribution in [1.29, 1.82) is 0 Å². The highest BCUT2D eigenvalue weighted by molar-refractivity contribution is 5.41. The molecule has 24 heavy (non-hydrogen) atoms. The minimum absolute atomic E-state index is 0.248. The van der Waals surface area contributed by atoms with E-state index in [0.717, 1.165) is 11.5 Å². The van der Waals surface area contributed by atoms with E-state index >= 15 is 0 Å². The maximum absolute atomic E-state index is 10.5. The maximum Gasteiger partial charge on any atom is 0.133 e. The Balaban J connectivity index is 2.12. The van der Waals surface area contributed by atoms with Crippen LogP contribution < -0.4 is 14.8 Å². The molecular formula is C18H25N3O3. The van der Waals surface area contributed by atoms with Crippen molar-refractivity contribution in [3.8, 4) is 11.5 Å².